The second-order valence-electron chi connectivity index (χ2n) is 4.96. The van der Waals surface area contributed by atoms with Gasteiger partial charge in [0.1, 0.15) is 5.75 Å². The summed E-state index contributed by atoms with van der Waals surface area (Å²) >= 11 is -0.304. The standard InChI is InChI=1S/C17H14F3NO3S/c1-11(22)12-5-4-6-13(9-12)24-10-16(23)21-14-7-2-3-8-15(14)25-17(18,19)20/h2-9H,10H2,1H3,(H,21,23). The molecule has 8 heteroatoms. The number of para-hydroxylation sites is 1. The van der Waals surface area contributed by atoms with Gasteiger partial charge in [0.2, 0.25) is 0 Å². The number of benzene rings is 2. The van der Waals surface area contributed by atoms with Crippen molar-refractivity contribution in [2.24, 2.45) is 0 Å². The number of Topliss-reactive ketones (excluding diaryl/α,β-unsaturated/α-hetero) is 1. The summed E-state index contributed by atoms with van der Waals surface area (Å²) in [6, 6.07) is 11.9. The van der Waals surface area contributed by atoms with E-state index in [1.807, 2.05) is 0 Å². The Morgan fingerprint density at radius 1 is 1.12 bits per heavy atom. The van der Waals surface area contributed by atoms with Gasteiger partial charge in [-0.15, -0.1) is 0 Å². The van der Waals surface area contributed by atoms with Crippen LogP contribution in [0.2, 0.25) is 0 Å². The van der Waals surface area contributed by atoms with Crippen LogP contribution in [0.15, 0.2) is 53.4 Å². The first-order chi connectivity index (χ1) is 11.7. The van der Waals surface area contributed by atoms with Crippen molar-refractivity contribution in [1.29, 1.82) is 0 Å². The molecule has 0 aliphatic rings. The minimum absolute atomic E-state index is 0.0518. The van der Waals surface area contributed by atoms with E-state index >= 15 is 0 Å². The summed E-state index contributed by atoms with van der Waals surface area (Å²) in [5, 5.41) is 2.39. The molecule has 0 saturated heterocycles. The van der Waals surface area contributed by atoms with Crippen LogP contribution < -0.4 is 10.1 Å². The first kappa shape index (κ1) is 18.9. The van der Waals surface area contributed by atoms with Crippen molar-refractivity contribution in [3.8, 4) is 5.75 Å². The van der Waals surface area contributed by atoms with Crippen molar-refractivity contribution in [2.75, 3.05) is 11.9 Å². The predicted molar refractivity (Wildman–Crippen MR) is 88.9 cm³/mol. The highest BCUT2D eigenvalue weighted by Gasteiger charge is 2.30. The Morgan fingerprint density at radius 2 is 1.84 bits per heavy atom. The van der Waals surface area contributed by atoms with Crippen molar-refractivity contribution < 1.29 is 27.5 Å². The number of thioether (sulfide) groups is 1. The quantitative estimate of drug-likeness (QED) is 0.601. The Balaban J connectivity index is 1.99. The summed E-state index contributed by atoms with van der Waals surface area (Å²) in [6.45, 7) is 1.01. The van der Waals surface area contributed by atoms with Crippen LogP contribution in [0.1, 0.15) is 17.3 Å². The van der Waals surface area contributed by atoms with Crippen molar-refractivity contribution in [3.05, 3.63) is 54.1 Å². The van der Waals surface area contributed by atoms with Crippen LogP contribution >= 0.6 is 11.8 Å². The third-order valence-electron chi connectivity index (χ3n) is 3.00. The summed E-state index contributed by atoms with van der Waals surface area (Å²) < 4.78 is 42.9. The minimum Gasteiger partial charge on any atom is -0.484 e. The molecule has 0 saturated carbocycles. The second kappa shape index (κ2) is 8.06. The molecular formula is C17H14F3NO3S. The third-order valence-corrected chi connectivity index (χ3v) is 3.80. The zero-order valence-corrected chi connectivity index (χ0v) is 13.9. The number of alkyl halides is 3. The fourth-order valence-corrected chi connectivity index (χ4v) is 2.55. The molecule has 2 aromatic rings. The van der Waals surface area contributed by atoms with Crippen molar-refractivity contribution in [2.45, 2.75) is 17.3 Å². The lowest BCUT2D eigenvalue weighted by Crippen LogP contribution is -2.20. The number of ketones is 1. The first-order valence-corrected chi connectivity index (χ1v) is 7.95. The minimum atomic E-state index is -4.45. The van der Waals surface area contributed by atoms with Gasteiger partial charge in [-0.05, 0) is 43.0 Å². The molecule has 0 heterocycles. The van der Waals surface area contributed by atoms with Gasteiger partial charge in [0.15, 0.2) is 12.4 Å². The molecule has 0 aromatic heterocycles. The lowest BCUT2D eigenvalue weighted by Gasteiger charge is -2.12. The number of anilines is 1. The number of carbonyl (C=O) groups excluding carboxylic acids is 2. The van der Waals surface area contributed by atoms with Crippen LogP contribution in [0.5, 0.6) is 5.75 Å². The summed E-state index contributed by atoms with van der Waals surface area (Å²) in [7, 11) is 0. The van der Waals surface area contributed by atoms with E-state index in [0.717, 1.165) is 0 Å². The number of nitrogens with one attached hydrogen (secondary N) is 1. The van der Waals surface area contributed by atoms with E-state index in [2.05, 4.69) is 5.32 Å². The number of hydrogen-bond donors (Lipinski definition) is 1. The van der Waals surface area contributed by atoms with E-state index < -0.39 is 18.0 Å². The molecule has 0 aliphatic heterocycles. The van der Waals surface area contributed by atoms with E-state index in [1.54, 1.807) is 18.2 Å². The number of halogens is 3. The predicted octanol–water partition coefficient (Wildman–Crippen LogP) is 4.52. The van der Waals surface area contributed by atoms with Crippen molar-refractivity contribution in [3.63, 3.8) is 0 Å². The molecule has 132 valence electrons. The van der Waals surface area contributed by atoms with Crippen LogP contribution in [0.4, 0.5) is 18.9 Å². The summed E-state index contributed by atoms with van der Waals surface area (Å²) in [4.78, 5) is 23.1. The topological polar surface area (TPSA) is 55.4 Å². The lowest BCUT2D eigenvalue weighted by atomic mass is 10.1. The van der Waals surface area contributed by atoms with Crippen LogP contribution in [0.25, 0.3) is 0 Å². The molecule has 0 radical (unpaired) electrons. The lowest BCUT2D eigenvalue weighted by molar-refractivity contribution is -0.118. The zero-order chi connectivity index (χ0) is 18.4. The van der Waals surface area contributed by atoms with E-state index in [4.69, 9.17) is 4.74 Å². The number of rotatable bonds is 6. The molecule has 0 aliphatic carbocycles. The molecule has 2 rings (SSSR count). The summed E-state index contributed by atoms with van der Waals surface area (Å²) in [6.07, 6.45) is 0. The average Bonchev–Trinajstić information content (AvgIpc) is 2.54. The highest BCUT2D eigenvalue weighted by atomic mass is 32.2. The van der Waals surface area contributed by atoms with Gasteiger partial charge in [0.05, 0.1) is 5.69 Å². The monoisotopic (exact) mass is 369 g/mol. The van der Waals surface area contributed by atoms with E-state index in [1.165, 1.54) is 37.3 Å². The van der Waals surface area contributed by atoms with Gasteiger partial charge >= 0.3 is 5.51 Å². The van der Waals surface area contributed by atoms with Crippen LogP contribution in [-0.2, 0) is 4.79 Å². The molecule has 4 nitrogen and oxygen atoms in total. The fraction of sp³-hybridized carbons (Fsp3) is 0.176. The van der Waals surface area contributed by atoms with Gasteiger partial charge in [0.25, 0.3) is 5.91 Å². The molecule has 1 amide bonds. The Hall–Kier alpha value is -2.48. The van der Waals surface area contributed by atoms with Crippen LogP contribution in [0.3, 0.4) is 0 Å². The number of carbonyl (C=O) groups is 2. The Bertz CT molecular complexity index is 778. The molecule has 0 bridgehead atoms. The number of amides is 1. The number of hydrogen-bond acceptors (Lipinski definition) is 4. The molecule has 2 aromatic carbocycles. The van der Waals surface area contributed by atoms with Gasteiger partial charge in [-0.25, -0.2) is 0 Å². The van der Waals surface area contributed by atoms with Gasteiger partial charge in [-0.2, -0.15) is 13.2 Å². The molecule has 1 N–H and O–H groups in total. The second-order valence-corrected chi connectivity index (χ2v) is 6.07. The van der Waals surface area contributed by atoms with Gasteiger partial charge in [0, 0.05) is 10.5 Å². The molecule has 0 spiro atoms. The van der Waals surface area contributed by atoms with Gasteiger partial charge < -0.3 is 10.1 Å². The van der Waals surface area contributed by atoms with Gasteiger partial charge in [-0.3, -0.25) is 9.59 Å². The fourth-order valence-electron chi connectivity index (χ4n) is 1.92. The number of ether oxygens (including phenoxy) is 1. The largest absolute Gasteiger partial charge is 0.484 e. The summed E-state index contributed by atoms with van der Waals surface area (Å²) in [5.74, 6) is -0.433. The highest BCUT2D eigenvalue weighted by molar-refractivity contribution is 8.00. The van der Waals surface area contributed by atoms with Crippen LogP contribution in [-0.4, -0.2) is 23.8 Å². The molecule has 25 heavy (non-hydrogen) atoms. The van der Waals surface area contributed by atoms with Crippen molar-refractivity contribution >= 4 is 29.1 Å². The Labute approximate surface area is 146 Å². The smallest absolute Gasteiger partial charge is 0.446 e. The molecule has 0 unspecified atom stereocenters. The zero-order valence-electron chi connectivity index (χ0n) is 13.1. The maximum Gasteiger partial charge on any atom is 0.446 e. The third kappa shape index (κ3) is 6.15. The van der Waals surface area contributed by atoms with E-state index in [9.17, 15) is 22.8 Å². The van der Waals surface area contributed by atoms with E-state index in [0.29, 0.717) is 11.3 Å². The average molecular weight is 369 g/mol. The molecule has 0 atom stereocenters. The molecule has 0 fully saturated rings. The summed E-state index contributed by atoms with van der Waals surface area (Å²) in [5.41, 5.74) is -3.97. The van der Waals surface area contributed by atoms with E-state index in [-0.39, 0.29) is 28.1 Å². The normalized spacial score (nSPS) is 11.0. The highest BCUT2D eigenvalue weighted by Crippen LogP contribution is 2.40. The molecular weight excluding hydrogens is 355 g/mol. The van der Waals surface area contributed by atoms with Crippen LogP contribution in [0, 0.1) is 0 Å². The SMILES string of the molecule is CC(=O)c1cccc(OCC(=O)Nc2ccccc2SC(F)(F)F)c1. The maximum atomic E-state index is 12.5. The van der Waals surface area contributed by atoms with Gasteiger partial charge in [-0.1, -0.05) is 24.3 Å². The Morgan fingerprint density at radius 3 is 2.52 bits per heavy atom. The maximum absolute atomic E-state index is 12.5. The first-order valence-electron chi connectivity index (χ1n) is 7.13. The Kier molecular flexibility index (Phi) is 6.08. The van der Waals surface area contributed by atoms with Crippen molar-refractivity contribution in [1.82, 2.24) is 0 Å².